The Bertz CT molecular complexity index is 4070. The lowest BCUT2D eigenvalue weighted by Crippen LogP contribution is -2.28. The molecule has 0 heteroatoms. The number of benzene rings is 12. The first-order valence-corrected chi connectivity index (χ1v) is 26.5. The lowest BCUT2D eigenvalue weighted by Gasteiger charge is -2.34. The van der Waals surface area contributed by atoms with Gasteiger partial charge < -0.3 is 0 Å². The molecule has 5 aliphatic carbocycles. The van der Waals surface area contributed by atoms with Gasteiger partial charge in [0.05, 0.1) is 16.2 Å². The van der Waals surface area contributed by atoms with Crippen LogP contribution in [0.25, 0.3) is 77.9 Å². The molecule has 0 saturated heterocycles. The molecule has 0 fully saturated rings. The van der Waals surface area contributed by atoms with Gasteiger partial charge in [-0.1, -0.05) is 267 Å². The smallest absolute Gasteiger partial charge is 0.0619 e. The molecular weight excluding hydrogens is 901 g/mol. The predicted molar refractivity (Wildman–Crippen MR) is 307 cm³/mol. The standard InChI is InChI=1S/C75H46/c1-9-35-61-53(25-1)54-26-2-10-36-62(54)73(61,49-23-17-21-47(45-49)51-33-19-43-69-71(51)59-31-7-15-41-67(59)74(69)63-37-11-3-27-55(63)56-28-4-12-38-64(56)74)50-24-18-22-48(46-50)52-34-20-44-70-72(52)60-32-8-16-42-68(60)75(70)65-39-13-5-29-57(65)58-30-6-14-40-66(58)75/h1-46H. The van der Waals surface area contributed by atoms with Crippen molar-refractivity contribution in [1.82, 2.24) is 0 Å². The van der Waals surface area contributed by atoms with Gasteiger partial charge >= 0.3 is 0 Å². The molecule has 12 aromatic rings. The summed E-state index contributed by atoms with van der Waals surface area (Å²) < 4.78 is 0. The van der Waals surface area contributed by atoms with Crippen LogP contribution in [0.15, 0.2) is 279 Å². The highest BCUT2D eigenvalue weighted by molar-refractivity contribution is 6.02. The van der Waals surface area contributed by atoms with Crippen molar-refractivity contribution in [3.05, 3.63) is 346 Å². The fourth-order valence-electron chi connectivity index (χ4n) is 15.6. The van der Waals surface area contributed by atoms with Crippen LogP contribution in [0.2, 0.25) is 0 Å². The van der Waals surface area contributed by atoms with Gasteiger partial charge in [0.15, 0.2) is 0 Å². The summed E-state index contributed by atoms with van der Waals surface area (Å²) in [4.78, 5) is 0. The van der Waals surface area contributed by atoms with E-state index in [0.717, 1.165) is 0 Å². The molecule has 346 valence electrons. The van der Waals surface area contributed by atoms with Gasteiger partial charge in [0, 0.05) is 0 Å². The minimum Gasteiger partial charge on any atom is -0.0619 e. The summed E-state index contributed by atoms with van der Waals surface area (Å²) >= 11 is 0. The van der Waals surface area contributed by atoms with Crippen molar-refractivity contribution in [2.24, 2.45) is 0 Å². The lowest BCUT2D eigenvalue weighted by atomic mass is 9.66. The van der Waals surface area contributed by atoms with Gasteiger partial charge in [0.2, 0.25) is 0 Å². The minimum absolute atomic E-state index is 0.417. The highest BCUT2D eigenvalue weighted by Crippen LogP contribution is 2.66. The third kappa shape index (κ3) is 4.94. The van der Waals surface area contributed by atoms with E-state index in [9.17, 15) is 0 Å². The molecule has 0 heterocycles. The molecule has 0 aromatic heterocycles. The number of hydrogen-bond acceptors (Lipinski definition) is 0. The Balaban J connectivity index is 0.897. The molecule has 0 N–H and O–H groups in total. The van der Waals surface area contributed by atoms with Crippen LogP contribution >= 0.6 is 0 Å². The molecule has 0 bridgehead atoms. The topological polar surface area (TPSA) is 0 Å². The monoisotopic (exact) mass is 946 g/mol. The average Bonchev–Trinajstić information content (AvgIpc) is 4.26. The maximum absolute atomic E-state index is 2.53. The van der Waals surface area contributed by atoms with Crippen molar-refractivity contribution in [2.45, 2.75) is 16.2 Å². The molecule has 0 atom stereocenters. The van der Waals surface area contributed by atoms with Gasteiger partial charge in [-0.2, -0.15) is 0 Å². The lowest BCUT2D eigenvalue weighted by molar-refractivity contribution is 0.769. The maximum Gasteiger partial charge on any atom is 0.0725 e. The first kappa shape index (κ1) is 41.1. The Morgan fingerprint density at radius 1 is 0.160 bits per heavy atom. The molecule has 5 aliphatic rings. The molecule has 2 spiro atoms. The van der Waals surface area contributed by atoms with Gasteiger partial charge in [0.25, 0.3) is 0 Å². The molecule has 0 unspecified atom stereocenters. The van der Waals surface area contributed by atoms with Crippen molar-refractivity contribution in [3.63, 3.8) is 0 Å². The van der Waals surface area contributed by atoms with E-state index in [4.69, 9.17) is 0 Å². The summed E-state index contributed by atoms with van der Waals surface area (Å²) in [7, 11) is 0. The summed E-state index contributed by atoms with van der Waals surface area (Å²) in [6.45, 7) is 0. The Hall–Kier alpha value is -9.36. The second-order valence-corrected chi connectivity index (χ2v) is 21.2. The normalized spacial score (nSPS) is 15.0. The van der Waals surface area contributed by atoms with E-state index in [-0.39, 0.29) is 0 Å². The van der Waals surface area contributed by atoms with Crippen LogP contribution in [0.3, 0.4) is 0 Å². The number of fused-ring (bicyclic) bond motifs is 23. The van der Waals surface area contributed by atoms with Crippen LogP contribution in [0.5, 0.6) is 0 Å². The first-order valence-electron chi connectivity index (χ1n) is 26.5. The first-order chi connectivity index (χ1) is 37.2. The summed E-state index contributed by atoms with van der Waals surface area (Å²) in [5, 5.41) is 0. The Labute approximate surface area is 437 Å². The summed E-state index contributed by atoms with van der Waals surface area (Å²) in [5.74, 6) is 0. The number of rotatable bonds is 4. The zero-order valence-corrected chi connectivity index (χ0v) is 41.1. The van der Waals surface area contributed by atoms with E-state index in [2.05, 4.69) is 279 Å². The van der Waals surface area contributed by atoms with Gasteiger partial charge in [0.1, 0.15) is 0 Å². The van der Waals surface area contributed by atoms with E-state index in [0.29, 0.717) is 0 Å². The van der Waals surface area contributed by atoms with Gasteiger partial charge in [-0.25, -0.2) is 0 Å². The molecule has 0 aliphatic heterocycles. The summed E-state index contributed by atoms with van der Waals surface area (Å²) in [6, 6.07) is 106. The highest BCUT2D eigenvalue weighted by Gasteiger charge is 2.54. The quantitative estimate of drug-likeness (QED) is 0.165. The molecule has 0 amide bonds. The van der Waals surface area contributed by atoms with Crippen LogP contribution in [0.4, 0.5) is 0 Å². The van der Waals surface area contributed by atoms with Crippen molar-refractivity contribution < 1.29 is 0 Å². The fraction of sp³-hybridized carbons (Fsp3) is 0.0400. The average molecular weight is 947 g/mol. The van der Waals surface area contributed by atoms with E-state index >= 15 is 0 Å². The van der Waals surface area contributed by atoms with E-state index < -0.39 is 16.2 Å². The van der Waals surface area contributed by atoms with Gasteiger partial charge in [-0.05, 0) is 157 Å². The Morgan fingerprint density at radius 2 is 0.387 bits per heavy atom. The zero-order valence-electron chi connectivity index (χ0n) is 41.1. The largest absolute Gasteiger partial charge is 0.0725 e. The summed E-state index contributed by atoms with van der Waals surface area (Å²) in [6.07, 6.45) is 0. The number of hydrogen-bond donors (Lipinski definition) is 0. The molecule has 0 nitrogen and oxygen atoms in total. The SMILES string of the molecule is c1cc(-c2cccc3c2-c2ccccc2C32c3ccccc3-c3ccccc32)cc(C2(c3cccc(-c4cccc5c4-c4ccccc4C54c5ccccc5-c5ccccc54)c3)c3ccccc3-c3ccccc32)c1. The second kappa shape index (κ2) is 14.9. The Morgan fingerprint density at radius 3 is 0.707 bits per heavy atom. The van der Waals surface area contributed by atoms with Gasteiger partial charge in [-0.15, -0.1) is 0 Å². The van der Waals surface area contributed by atoms with Crippen molar-refractivity contribution in [1.29, 1.82) is 0 Å². The second-order valence-electron chi connectivity index (χ2n) is 21.2. The molecule has 75 heavy (non-hydrogen) atoms. The van der Waals surface area contributed by atoms with Crippen LogP contribution in [-0.2, 0) is 16.2 Å². The molecular formula is C75H46. The molecule has 0 radical (unpaired) electrons. The fourth-order valence-corrected chi connectivity index (χ4v) is 15.6. The maximum atomic E-state index is 2.53. The van der Waals surface area contributed by atoms with Crippen molar-refractivity contribution >= 4 is 0 Å². The van der Waals surface area contributed by atoms with Crippen LogP contribution in [-0.4, -0.2) is 0 Å². The van der Waals surface area contributed by atoms with E-state index in [1.807, 2.05) is 0 Å². The van der Waals surface area contributed by atoms with E-state index in [1.54, 1.807) is 0 Å². The van der Waals surface area contributed by atoms with Crippen LogP contribution < -0.4 is 0 Å². The summed E-state index contributed by atoms with van der Waals surface area (Å²) in [5.41, 5.74) is 32.6. The Kier molecular flexibility index (Phi) is 8.16. The molecule has 12 aromatic carbocycles. The van der Waals surface area contributed by atoms with Gasteiger partial charge in [-0.3, -0.25) is 0 Å². The molecule has 0 saturated carbocycles. The third-order valence-electron chi connectivity index (χ3n) is 18.2. The van der Waals surface area contributed by atoms with E-state index in [1.165, 1.54) is 145 Å². The highest BCUT2D eigenvalue weighted by atomic mass is 14.6. The minimum atomic E-state index is -0.625. The van der Waals surface area contributed by atoms with Crippen LogP contribution in [0.1, 0.15) is 66.8 Å². The van der Waals surface area contributed by atoms with Crippen LogP contribution in [0, 0.1) is 0 Å². The third-order valence-corrected chi connectivity index (χ3v) is 18.2. The van der Waals surface area contributed by atoms with Crippen molar-refractivity contribution in [3.8, 4) is 77.9 Å². The van der Waals surface area contributed by atoms with Crippen molar-refractivity contribution in [2.75, 3.05) is 0 Å². The molecule has 17 rings (SSSR count). The zero-order chi connectivity index (χ0) is 49.0. The predicted octanol–water partition coefficient (Wildman–Crippen LogP) is 18.1.